The highest BCUT2D eigenvalue weighted by Crippen LogP contribution is 2.34. The normalized spacial score (nSPS) is 10.9. The van der Waals surface area contributed by atoms with Crippen LogP contribution in [0.3, 0.4) is 0 Å². The molecule has 0 unspecified atom stereocenters. The number of benzene rings is 1. The Morgan fingerprint density at radius 1 is 1.22 bits per heavy atom. The first-order valence-electron chi connectivity index (χ1n) is 6.14. The molecule has 1 aromatic carbocycles. The molecule has 3 N–H and O–H groups in total. The van der Waals surface area contributed by atoms with Gasteiger partial charge >= 0.3 is 0 Å². The number of rotatable bonds is 5. The number of nitrogens with two attached hydrogens (primary N) is 1. The van der Waals surface area contributed by atoms with Gasteiger partial charge in [0, 0.05) is 17.1 Å². The molecule has 0 amide bonds. The monoisotopic (exact) mass is 248 g/mol. The summed E-state index contributed by atoms with van der Waals surface area (Å²) in [7, 11) is 3.34. The summed E-state index contributed by atoms with van der Waals surface area (Å²) in [5.41, 5.74) is 9.09. The average Bonchev–Trinajstić information content (AvgIpc) is 2.71. The number of fused-ring (bicyclic) bond motifs is 1. The molecule has 1 heterocycles. The van der Waals surface area contributed by atoms with Crippen LogP contribution in [-0.2, 0) is 6.42 Å². The molecule has 0 saturated carbocycles. The fourth-order valence-electron chi connectivity index (χ4n) is 2.30. The standard InChI is InChI=1S/C14H20N2O2/c1-9-11(5-4-6-15)12-7-10(17-2)8-13(18-3)14(12)16-9/h7-8,16H,4-6,15H2,1-3H3. The second-order valence-corrected chi connectivity index (χ2v) is 4.37. The van der Waals surface area contributed by atoms with E-state index in [1.54, 1.807) is 14.2 Å². The molecule has 1 aromatic heterocycles. The van der Waals surface area contributed by atoms with E-state index >= 15 is 0 Å². The highest BCUT2D eigenvalue weighted by atomic mass is 16.5. The van der Waals surface area contributed by atoms with E-state index < -0.39 is 0 Å². The Balaban J connectivity index is 2.60. The van der Waals surface area contributed by atoms with Gasteiger partial charge in [0.2, 0.25) is 0 Å². The molecule has 0 bridgehead atoms. The molecule has 2 rings (SSSR count). The summed E-state index contributed by atoms with van der Waals surface area (Å²) in [6.45, 7) is 2.78. The number of nitrogens with one attached hydrogen (secondary N) is 1. The second kappa shape index (κ2) is 5.31. The number of H-pyrrole nitrogens is 1. The van der Waals surface area contributed by atoms with E-state index in [-0.39, 0.29) is 0 Å². The first-order valence-corrected chi connectivity index (χ1v) is 6.14. The van der Waals surface area contributed by atoms with Gasteiger partial charge in [-0.2, -0.15) is 0 Å². The van der Waals surface area contributed by atoms with Gasteiger partial charge in [-0.25, -0.2) is 0 Å². The van der Waals surface area contributed by atoms with Gasteiger partial charge in [-0.15, -0.1) is 0 Å². The van der Waals surface area contributed by atoms with Crippen LogP contribution in [0, 0.1) is 6.92 Å². The zero-order valence-corrected chi connectivity index (χ0v) is 11.2. The van der Waals surface area contributed by atoms with Crippen molar-refractivity contribution in [2.75, 3.05) is 20.8 Å². The van der Waals surface area contributed by atoms with Crippen LogP contribution < -0.4 is 15.2 Å². The van der Waals surface area contributed by atoms with E-state index in [0.29, 0.717) is 6.54 Å². The third-order valence-corrected chi connectivity index (χ3v) is 3.25. The molecule has 0 spiro atoms. The largest absolute Gasteiger partial charge is 0.497 e. The predicted molar refractivity (Wildman–Crippen MR) is 73.5 cm³/mol. The fraction of sp³-hybridized carbons (Fsp3) is 0.429. The average molecular weight is 248 g/mol. The third kappa shape index (κ3) is 2.16. The lowest BCUT2D eigenvalue weighted by atomic mass is 10.1. The van der Waals surface area contributed by atoms with Gasteiger partial charge < -0.3 is 20.2 Å². The summed E-state index contributed by atoms with van der Waals surface area (Å²) >= 11 is 0. The Hall–Kier alpha value is -1.68. The molecule has 98 valence electrons. The van der Waals surface area contributed by atoms with Crippen molar-refractivity contribution < 1.29 is 9.47 Å². The number of hydrogen-bond acceptors (Lipinski definition) is 3. The van der Waals surface area contributed by atoms with Crippen LogP contribution in [0.25, 0.3) is 10.9 Å². The Labute approximate surface area is 107 Å². The maximum atomic E-state index is 5.59. The first-order chi connectivity index (χ1) is 8.71. The molecular weight excluding hydrogens is 228 g/mol. The second-order valence-electron chi connectivity index (χ2n) is 4.37. The van der Waals surface area contributed by atoms with E-state index in [2.05, 4.69) is 11.9 Å². The number of methoxy groups -OCH3 is 2. The van der Waals surface area contributed by atoms with Crippen molar-refractivity contribution in [2.45, 2.75) is 19.8 Å². The van der Waals surface area contributed by atoms with Crippen LogP contribution in [0.2, 0.25) is 0 Å². The minimum absolute atomic E-state index is 0.702. The van der Waals surface area contributed by atoms with Crippen molar-refractivity contribution in [3.63, 3.8) is 0 Å². The molecule has 0 aliphatic heterocycles. The molecule has 4 heteroatoms. The highest BCUT2D eigenvalue weighted by Gasteiger charge is 2.13. The molecule has 0 saturated heterocycles. The van der Waals surface area contributed by atoms with Gasteiger partial charge in [0.15, 0.2) is 0 Å². The highest BCUT2D eigenvalue weighted by molar-refractivity contribution is 5.91. The quantitative estimate of drug-likeness (QED) is 0.854. The summed E-state index contributed by atoms with van der Waals surface area (Å²) in [5, 5.41) is 1.16. The van der Waals surface area contributed by atoms with Gasteiger partial charge in [0.05, 0.1) is 19.7 Å². The molecule has 0 fully saturated rings. The first kappa shape index (κ1) is 12.8. The van der Waals surface area contributed by atoms with E-state index in [0.717, 1.165) is 35.2 Å². The smallest absolute Gasteiger partial charge is 0.146 e. The number of hydrogen-bond donors (Lipinski definition) is 2. The zero-order chi connectivity index (χ0) is 13.1. The molecular formula is C14H20N2O2. The lowest BCUT2D eigenvalue weighted by molar-refractivity contribution is 0.397. The number of aromatic nitrogens is 1. The van der Waals surface area contributed by atoms with Gasteiger partial charge in [0.1, 0.15) is 11.5 Å². The molecule has 0 aliphatic rings. The Morgan fingerprint density at radius 3 is 2.61 bits per heavy atom. The molecule has 0 atom stereocenters. The van der Waals surface area contributed by atoms with Crippen LogP contribution in [0.15, 0.2) is 12.1 Å². The number of ether oxygens (including phenoxy) is 2. The molecule has 2 aromatic rings. The van der Waals surface area contributed by atoms with Crippen LogP contribution in [-0.4, -0.2) is 25.7 Å². The van der Waals surface area contributed by atoms with Crippen LogP contribution >= 0.6 is 0 Å². The minimum Gasteiger partial charge on any atom is -0.497 e. The molecule has 0 aliphatic carbocycles. The van der Waals surface area contributed by atoms with Crippen LogP contribution in [0.4, 0.5) is 0 Å². The number of aryl methyl sites for hydroxylation is 2. The molecule has 4 nitrogen and oxygen atoms in total. The fourth-order valence-corrected chi connectivity index (χ4v) is 2.30. The summed E-state index contributed by atoms with van der Waals surface area (Å²) in [6.07, 6.45) is 1.95. The van der Waals surface area contributed by atoms with Crippen molar-refractivity contribution in [3.05, 3.63) is 23.4 Å². The predicted octanol–water partition coefficient (Wildman–Crippen LogP) is 2.38. The van der Waals surface area contributed by atoms with E-state index in [1.807, 2.05) is 12.1 Å². The summed E-state index contributed by atoms with van der Waals surface area (Å²) in [5.74, 6) is 1.62. The van der Waals surface area contributed by atoms with E-state index in [9.17, 15) is 0 Å². The van der Waals surface area contributed by atoms with Crippen LogP contribution in [0.1, 0.15) is 17.7 Å². The van der Waals surface area contributed by atoms with Gasteiger partial charge in [0.25, 0.3) is 0 Å². The van der Waals surface area contributed by atoms with Crippen molar-refractivity contribution in [3.8, 4) is 11.5 Å². The lowest BCUT2D eigenvalue weighted by Crippen LogP contribution is -2.00. The van der Waals surface area contributed by atoms with Crippen molar-refractivity contribution in [1.82, 2.24) is 4.98 Å². The van der Waals surface area contributed by atoms with Crippen molar-refractivity contribution in [1.29, 1.82) is 0 Å². The lowest BCUT2D eigenvalue weighted by Gasteiger charge is -2.06. The van der Waals surface area contributed by atoms with Gasteiger partial charge in [-0.1, -0.05) is 0 Å². The van der Waals surface area contributed by atoms with E-state index in [4.69, 9.17) is 15.2 Å². The summed E-state index contributed by atoms with van der Waals surface area (Å²) < 4.78 is 10.7. The topological polar surface area (TPSA) is 60.3 Å². The Morgan fingerprint density at radius 2 is 2.00 bits per heavy atom. The molecule has 18 heavy (non-hydrogen) atoms. The Kier molecular flexibility index (Phi) is 3.77. The minimum atomic E-state index is 0.702. The van der Waals surface area contributed by atoms with Crippen molar-refractivity contribution in [2.24, 2.45) is 5.73 Å². The maximum Gasteiger partial charge on any atom is 0.146 e. The Bertz CT molecular complexity index is 546. The SMILES string of the molecule is COc1cc(OC)c2[nH]c(C)c(CCCN)c2c1. The van der Waals surface area contributed by atoms with Crippen molar-refractivity contribution >= 4 is 10.9 Å². The summed E-state index contributed by atoms with van der Waals surface area (Å²) in [6, 6.07) is 3.94. The maximum absolute atomic E-state index is 5.59. The van der Waals surface area contributed by atoms with Gasteiger partial charge in [-0.05, 0) is 37.9 Å². The van der Waals surface area contributed by atoms with E-state index in [1.165, 1.54) is 11.3 Å². The van der Waals surface area contributed by atoms with Crippen LogP contribution in [0.5, 0.6) is 11.5 Å². The number of aromatic amines is 1. The zero-order valence-electron chi connectivity index (χ0n) is 11.2. The molecule has 0 radical (unpaired) electrons. The van der Waals surface area contributed by atoms with Gasteiger partial charge in [-0.3, -0.25) is 0 Å². The summed E-state index contributed by atoms with van der Waals surface area (Å²) in [4.78, 5) is 3.39. The third-order valence-electron chi connectivity index (χ3n) is 3.25.